The number of anilines is 1. The van der Waals surface area contributed by atoms with Crippen molar-refractivity contribution in [3.8, 4) is 0 Å². The summed E-state index contributed by atoms with van der Waals surface area (Å²) >= 11 is 0. The van der Waals surface area contributed by atoms with Gasteiger partial charge in [0.15, 0.2) is 0 Å². The summed E-state index contributed by atoms with van der Waals surface area (Å²) in [6.07, 6.45) is 1.40. The Hall–Kier alpha value is -1.98. The van der Waals surface area contributed by atoms with Gasteiger partial charge in [0.05, 0.1) is 17.5 Å². The third-order valence-electron chi connectivity index (χ3n) is 4.19. The molecular weight excluding hydrogens is 288 g/mol. The zero-order valence-electron chi connectivity index (χ0n) is 13.8. The van der Waals surface area contributed by atoms with Gasteiger partial charge in [-0.25, -0.2) is 4.98 Å². The first kappa shape index (κ1) is 15.9. The van der Waals surface area contributed by atoms with Crippen LogP contribution in [0.3, 0.4) is 0 Å². The van der Waals surface area contributed by atoms with Gasteiger partial charge in [0.1, 0.15) is 5.82 Å². The van der Waals surface area contributed by atoms with Crippen LogP contribution < -0.4 is 4.90 Å². The van der Waals surface area contributed by atoms with E-state index in [9.17, 15) is 5.11 Å². The van der Waals surface area contributed by atoms with Crippen molar-refractivity contribution in [1.82, 2.24) is 14.9 Å². The number of nitrogens with zero attached hydrogens (tertiary/aromatic N) is 4. The zero-order chi connectivity index (χ0) is 16.2. The summed E-state index contributed by atoms with van der Waals surface area (Å²) in [6.45, 7) is 7.83. The fraction of sp³-hybridized carbons (Fsp3) is 0.444. The van der Waals surface area contributed by atoms with Gasteiger partial charge in [-0.15, -0.1) is 0 Å². The minimum absolute atomic E-state index is 0.386. The number of β-amino-alcohol motifs (C(OH)–C–C–N with tert-alkyl or cyclic N) is 1. The molecule has 122 valence electrons. The highest BCUT2D eigenvalue weighted by Crippen LogP contribution is 2.18. The summed E-state index contributed by atoms with van der Waals surface area (Å²) in [5.74, 6) is 0.894. The molecule has 0 amide bonds. The third kappa shape index (κ3) is 4.06. The first-order chi connectivity index (χ1) is 11.1. The normalized spacial score (nSPS) is 19.6. The van der Waals surface area contributed by atoms with E-state index in [1.165, 1.54) is 5.56 Å². The van der Waals surface area contributed by atoms with Crippen LogP contribution in [-0.4, -0.2) is 52.3 Å². The summed E-state index contributed by atoms with van der Waals surface area (Å²) in [6, 6.07) is 10.4. The van der Waals surface area contributed by atoms with Crippen LogP contribution in [0.25, 0.3) is 0 Å². The Morgan fingerprint density at radius 1 is 1.13 bits per heavy atom. The Morgan fingerprint density at radius 2 is 1.91 bits per heavy atom. The topological polar surface area (TPSA) is 52.5 Å². The molecule has 1 atom stereocenters. The van der Waals surface area contributed by atoms with E-state index in [1.807, 2.05) is 19.9 Å². The smallest absolute Gasteiger partial charge is 0.150 e. The van der Waals surface area contributed by atoms with E-state index < -0.39 is 0 Å². The van der Waals surface area contributed by atoms with Crippen molar-refractivity contribution in [3.63, 3.8) is 0 Å². The van der Waals surface area contributed by atoms with Gasteiger partial charge in [0.25, 0.3) is 0 Å². The highest BCUT2D eigenvalue weighted by Gasteiger charge is 2.23. The lowest BCUT2D eigenvalue weighted by molar-refractivity contribution is 0.129. The SMILES string of the molecule is Cc1cnc(C)c(N2CCN(Cc3ccccc3)C[C@@H](O)C2)n1. The summed E-state index contributed by atoms with van der Waals surface area (Å²) in [7, 11) is 0. The molecule has 1 saturated heterocycles. The maximum Gasteiger partial charge on any atom is 0.150 e. The lowest BCUT2D eigenvalue weighted by Crippen LogP contribution is -2.34. The molecule has 1 N–H and O–H groups in total. The number of rotatable bonds is 3. The fourth-order valence-corrected chi connectivity index (χ4v) is 3.06. The van der Waals surface area contributed by atoms with Gasteiger partial charge in [-0.3, -0.25) is 9.88 Å². The molecule has 23 heavy (non-hydrogen) atoms. The van der Waals surface area contributed by atoms with E-state index in [0.717, 1.165) is 36.8 Å². The van der Waals surface area contributed by atoms with E-state index in [0.29, 0.717) is 13.1 Å². The Morgan fingerprint density at radius 3 is 2.70 bits per heavy atom. The van der Waals surface area contributed by atoms with Gasteiger partial charge in [0, 0.05) is 38.9 Å². The van der Waals surface area contributed by atoms with Crippen molar-refractivity contribution in [2.75, 3.05) is 31.1 Å². The summed E-state index contributed by atoms with van der Waals surface area (Å²) in [5, 5.41) is 10.4. The Bertz CT molecular complexity index is 647. The Labute approximate surface area is 137 Å². The molecule has 2 aromatic rings. The van der Waals surface area contributed by atoms with Crippen molar-refractivity contribution < 1.29 is 5.11 Å². The van der Waals surface area contributed by atoms with Gasteiger partial charge in [0.2, 0.25) is 0 Å². The standard InChI is InChI=1S/C18H24N4O/c1-14-10-19-15(2)18(20-14)22-9-8-21(12-17(23)13-22)11-16-6-4-3-5-7-16/h3-7,10,17,23H,8-9,11-13H2,1-2H3/t17-/m1/s1. The van der Waals surface area contributed by atoms with Gasteiger partial charge in [-0.1, -0.05) is 30.3 Å². The molecule has 0 unspecified atom stereocenters. The van der Waals surface area contributed by atoms with E-state index >= 15 is 0 Å². The maximum atomic E-state index is 10.4. The molecular formula is C18H24N4O. The van der Waals surface area contributed by atoms with Crippen LogP contribution >= 0.6 is 0 Å². The van der Waals surface area contributed by atoms with Gasteiger partial charge < -0.3 is 10.0 Å². The van der Waals surface area contributed by atoms with Crippen molar-refractivity contribution in [2.24, 2.45) is 0 Å². The number of benzene rings is 1. The molecule has 0 saturated carbocycles. The minimum atomic E-state index is -0.386. The van der Waals surface area contributed by atoms with E-state index in [-0.39, 0.29) is 6.10 Å². The minimum Gasteiger partial charge on any atom is -0.390 e. The molecule has 5 heteroatoms. The van der Waals surface area contributed by atoms with Crippen LogP contribution in [-0.2, 0) is 6.54 Å². The highest BCUT2D eigenvalue weighted by atomic mass is 16.3. The number of aliphatic hydroxyl groups excluding tert-OH is 1. The second kappa shape index (κ2) is 7.06. The van der Waals surface area contributed by atoms with Crippen LogP contribution in [0.1, 0.15) is 17.0 Å². The molecule has 1 aliphatic heterocycles. The third-order valence-corrected chi connectivity index (χ3v) is 4.19. The van der Waals surface area contributed by atoms with Crippen molar-refractivity contribution >= 4 is 5.82 Å². The number of aryl methyl sites for hydroxylation is 2. The Kier molecular flexibility index (Phi) is 4.88. The van der Waals surface area contributed by atoms with E-state index in [2.05, 4.69) is 44.0 Å². The summed E-state index contributed by atoms with van der Waals surface area (Å²) in [4.78, 5) is 13.5. The summed E-state index contributed by atoms with van der Waals surface area (Å²) < 4.78 is 0. The second-order valence-corrected chi connectivity index (χ2v) is 6.24. The molecule has 5 nitrogen and oxygen atoms in total. The van der Waals surface area contributed by atoms with Crippen LogP contribution in [0.5, 0.6) is 0 Å². The maximum absolute atomic E-state index is 10.4. The number of aromatic nitrogens is 2. The first-order valence-electron chi connectivity index (χ1n) is 8.11. The molecule has 1 aliphatic rings. The number of hydrogen-bond acceptors (Lipinski definition) is 5. The number of hydrogen-bond donors (Lipinski definition) is 1. The van der Waals surface area contributed by atoms with Gasteiger partial charge in [-0.2, -0.15) is 0 Å². The molecule has 2 heterocycles. The molecule has 0 bridgehead atoms. The molecule has 1 fully saturated rings. The average Bonchev–Trinajstić information content (AvgIpc) is 2.72. The molecule has 1 aromatic carbocycles. The van der Waals surface area contributed by atoms with Gasteiger partial charge in [-0.05, 0) is 19.4 Å². The van der Waals surface area contributed by atoms with Crippen LogP contribution in [0, 0.1) is 13.8 Å². The average molecular weight is 312 g/mol. The van der Waals surface area contributed by atoms with E-state index in [4.69, 9.17) is 0 Å². The zero-order valence-corrected chi connectivity index (χ0v) is 13.8. The quantitative estimate of drug-likeness (QED) is 0.936. The summed E-state index contributed by atoms with van der Waals surface area (Å²) in [5.41, 5.74) is 3.10. The van der Waals surface area contributed by atoms with Crippen LogP contribution in [0.15, 0.2) is 36.5 Å². The Balaban J connectivity index is 1.72. The molecule has 0 radical (unpaired) electrons. The number of aliphatic hydroxyl groups is 1. The first-order valence-corrected chi connectivity index (χ1v) is 8.11. The molecule has 0 spiro atoms. The van der Waals surface area contributed by atoms with Gasteiger partial charge >= 0.3 is 0 Å². The van der Waals surface area contributed by atoms with E-state index in [1.54, 1.807) is 6.20 Å². The molecule has 3 rings (SSSR count). The second-order valence-electron chi connectivity index (χ2n) is 6.24. The molecule has 0 aliphatic carbocycles. The highest BCUT2D eigenvalue weighted by molar-refractivity contribution is 5.43. The van der Waals surface area contributed by atoms with Crippen LogP contribution in [0.2, 0.25) is 0 Å². The van der Waals surface area contributed by atoms with Crippen LogP contribution in [0.4, 0.5) is 5.82 Å². The largest absolute Gasteiger partial charge is 0.390 e. The molecule has 1 aromatic heterocycles. The van der Waals surface area contributed by atoms with Crippen molar-refractivity contribution in [3.05, 3.63) is 53.5 Å². The monoisotopic (exact) mass is 312 g/mol. The van der Waals surface area contributed by atoms with Crippen molar-refractivity contribution in [2.45, 2.75) is 26.5 Å². The van der Waals surface area contributed by atoms with Crippen molar-refractivity contribution in [1.29, 1.82) is 0 Å². The lowest BCUT2D eigenvalue weighted by atomic mass is 10.2. The predicted molar refractivity (Wildman–Crippen MR) is 91.4 cm³/mol. The predicted octanol–water partition coefficient (Wildman–Crippen LogP) is 1.78. The fourth-order valence-electron chi connectivity index (χ4n) is 3.06. The lowest BCUT2D eigenvalue weighted by Gasteiger charge is -2.24.